The van der Waals surface area contributed by atoms with Crippen LogP contribution < -0.4 is 16.0 Å². The number of rotatable bonds is 5. The Bertz CT molecular complexity index is 976. The molecule has 3 aromatic rings. The Labute approximate surface area is 154 Å². The predicted molar refractivity (Wildman–Crippen MR) is 100 cm³/mol. The predicted octanol–water partition coefficient (Wildman–Crippen LogP) is 3.57. The normalized spacial score (nSPS) is 10.1. The molecule has 1 heterocycles. The first-order valence-electron chi connectivity index (χ1n) is 8.04. The highest BCUT2D eigenvalue weighted by Crippen LogP contribution is 2.18. The van der Waals surface area contributed by atoms with E-state index in [9.17, 15) is 14.0 Å². The maximum atomic E-state index is 13.6. The van der Waals surface area contributed by atoms with Gasteiger partial charge in [-0.25, -0.2) is 14.4 Å². The molecular formula is C19H16FN5O2. The Morgan fingerprint density at radius 3 is 2.33 bits per heavy atom. The number of hydrogen-bond acceptors (Lipinski definition) is 5. The monoisotopic (exact) mass is 365 g/mol. The van der Waals surface area contributed by atoms with Gasteiger partial charge in [-0.05, 0) is 30.3 Å². The van der Waals surface area contributed by atoms with Crippen molar-refractivity contribution in [1.82, 2.24) is 9.97 Å². The second-order valence-electron chi connectivity index (χ2n) is 5.62. The minimum Gasteiger partial charge on any atom is -0.326 e. The third-order valence-electron chi connectivity index (χ3n) is 3.48. The standard InChI is InChI=1S/C19H16FN5O2/c1-12(26)23-14-5-4-6-15(9-14)24-19-21-10-13(11-22-19)18(27)25-17-8-3-2-7-16(17)20/h2-11H,1H3,(H,23,26)(H,25,27)(H,21,22,24). The number of carbonyl (C=O) groups is 2. The molecule has 0 radical (unpaired) electrons. The first-order valence-corrected chi connectivity index (χ1v) is 8.04. The fraction of sp³-hybridized carbons (Fsp3) is 0.0526. The van der Waals surface area contributed by atoms with Crippen LogP contribution in [-0.4, -0.2) is 21.8 Å². The lowest BCUT2D eigenvalue weighted by Gasteiger charge is -2.08. The van der Waals surface area contributed by atoms with Gasteiger partial charge in [0.25, 0.3) is 5.91 Å². The SMILES string of the molecule is CC(=O)Nc1cccc(Nc2ncc(C(=O)Nc3ccccc3F)cn2)c1. The molecule has 1 aromatic heterocycles. The zero-order valence-corrected chi connectivity index (χ0v) is 14.4. The summed E-state index contributed by atoms with van der Waals surface area (Å²) in [5, 5.41) is 8.12. The van der Waals surface area contributed by atoms with Gasteiger partial charge in [-0.3, -0.25) is 9.59 Å². The maximum absolute atomic E-state index is 13.6. The van der Waals surface area contributed by atoms with Gasteiger partial charge in [0.05, 0.1) is 11.3 Å². The summed E-state index contributed by atoms with van der Waals surface area (Å²) in [7, 11) is 0. The van der Waals surface area contributed by atoms with Crippen LogP contribution >= 0.6 is 0 Å². The van der Waals surface area contributed by atoms with Crippen LogP contribution in [0.1, 0.15) is 17.3 Å². The zero-order valence-electron chi connectivity index (χ0n) is 14.4. The van der Waals surface area contributed by atoms with Crippen molar-refractivity contribution in [2.45, 2.75) is 6.92 Å². The third kappa shape index (κ3) is 4.85. The lowest BCUT2D eigenvalue weighted by molar-refractivity contribution is -0.114. The highest BCUT2D eigenvalue weighted by atomic mass is 19.1. The molecule has 0 fully saturated rings. The minimum atomic E-state index is -0.524. The van der Waals surface area contributed by atoms with E-state index in [0.717, 1.165) is 0 Å². The van der Waals surface area contributed by atoms with Gasteiger partial charge in [-0.15, -0.1) is 0 Å². The number of nitrogens with one attached hydrogen (secondary N) is 3. The average molecular weight is 365 g/mol. The number of benzene rings is 2. The molecule has 27 heavy (non-hydrogen) atoms. The van der Waals surface area contributed by atoms with Gasteiger partial charge < -0.3 is 16.0 Å². The second-order valence-corrected chi connectivity index (χ2v) is 5.62. The van der Waals surface area contributed by atoms with Crippen molar-refractivity contribution in [1.29, 1.82) is 0 Å². The van der Waals surface area contributed by atoms with E-state index in [1.807, 2.05) is 0 Å². The Hall–Kier alpha value is -3.81. The van der Waals surface area contributed by atoms with Crippen molar-refractivity contribution in [3.8, 4) is 0 Å². The van der Waals surface area contributed by atoms with Crippen molar-refractivity contribution in [2.75, 3.05) is 16.0 Å². The van der Waals surface area contributed by atoms with Crippen molar-refractivity contribution < 1.29 is 14.0 Å². The van der Waals surface area contributed by atoms with Gasteiger partial charge in [0.15, 0.2) is 0 Å². The topological polar surface area (TPSA) is 96.0 Å². The van der Waals surface area contributed by atoms with Crippen molar-refractivity contribution >= 4 is 34.8 Å². The largest absolute Gasteiger partial charge is 0.326 e. The van der Waals surface area contributed by atoms with Crippen LogP contribution in [0.3, 0.4) is 0 Å². The smallest absolute Gasteiger partial charge is 0.258 e. The number of carbonyl (C=O) groups excluding carboxylic acids is 2. The van der Waals surface area contributed by atoms with Crippen molar-refractivity contribution in [3.05, 3.63) is 72.3 Å². The van der Waals surface area contributed by atoms with Gasteiger partial charge in [-0.2, -0.15) is 0 Å². The maximum Gasteiger partial charge on any atom is 0.258 e. The van der Waals surface area contributed by atoms with Gasteiger partial charge in [-0.1, -0.05) is 18.2 Å². The summed E-state index contributed by atoms with van der Waals surface area (Å²) in [6.45, 7) is 1.42. The highest BCUT2D eigenvalue weighted by Gasteiger charge is 2.10. The molecule has 3 rings (SSSR count). The quantitative estimate of drug-likeness (QED) is 0.642. The Kier molecular flexibility index (Phi) is 5.36. The van der Waals surface area contributed by atoms with E-state index in [1.165, 1.54) is 37.5 Å². The van der Waals surface area contributed by atoms with Crippen LogP contribution in [0.4, 0.5) is 27.4 Å². The molecule has 0 saturated heterocycles. The molecular weight excluding hydrogens is 349 g/mol. The van der Waals surface area contributed by atoms with Crippen LogP contribution in [0, 0.1) is 5.82 Å². The molecule has 0 bridgehead atoms. The number of para-hydroxylation sites is 1. The number of amides is 2. The minimum absolute atomic E-state index is 0.0829. The van der Waals surface area contributed by atoms with Gasteiger partial charge >= 0.3 is 0 Å². The van der Waals surface area contributed by atoms with E-state index in [2.05, 4.69) is 25.9 Å². The lowest BCUT2D eigenvalue weighted by Crippen LogP contribution is -2.14. The number of nitrogens with zero attached hydrogens (tertiary/aromatic N) is 2. The molecule has 2 aromatic carbocycles. The van der Waals surface area contributed by atoms with Crippen LogP contribution in [0.2, 0.25) is 0 Å². The molecule has 0 unspecified atom stereocenters. The van der Waals surface area contributed by atoms with E-state index in [-0.39, 0.29) is 23.1 Å². The molecule has 0 spiro atoms. The molecule has 2 amide bonds. The first-order chi connectivity index (χ1) is 13.0. The fourth-order valence-electron chi connectivity index (χ4n) is 2.27. The van der Waals surface area contributed by atoms with Crippen molar-refractivity contribution in [3.63, 3.8) is 0 Å². The van der Waals surface area contributed by atoms with E-state index in [0.29, 0.717) is 11.4 Å². The molecule has 7 nitrogen and oxygen atoms in total. The first kappa shape index (κ1) is 18.0. The molecule has 0 saturated carbocycles. The zero-order chi connectivity index (χ0) is 19.2. The van der Waals surface area contributed by atoms with E-state index >= 15 is 0 Å². The Morgan fingerprint density at radius 1 is 0.926 bits per heavy atom. The summed E-state index contributed by atoms with van der Waals surface area (Å²) >= 11 is 0. The van der Waals surface area contributed by atoms with Crippen LogP contribution in [0.5, 0.6) is 0 Å². The van der Waals surface area contributed by atoms with Crippen LogP contribution in [0.25, 0.3) is 0 Å². The molecule has 0 aliphatic carbocycles. The summed E-state index contributed by atoms with van der Waals surface area (Å²) in [6, 6.07) is 12.9. The van der Waals surface area contributed by atoms with Crippen LogP contribution in [-0.2, 0) is 4.79 Å². The van der Waals surface area contributed by atoms with E-state index < -0.39 is 11.7 Å². The Balaban J connectivity index is 1.67. The average Bonchev–Trinajstić information content (AvgIpc) is 2.64. The highest BCUT2D eigenvalue weighted by molar-refractivity contribution is 6.04. The lowest BCUT2D eigenvalue weighted by atomic mass is 10.2. The number of aromatic nitrogens is 2. The van der Waals surface area contributed by atoms with Crippen LogP contribution in [0.15, 0.2) is 60.9 Å². The molecule has 0 aliphatic rings. The summed E-state index contributed by atoms with van der Waals surface area (Å²) in [5.41, 5.74) is 1.58. The molecule has 3 N–H and O–H groups in total. The molecule has 8 heteroatoms. The van der Waals surface area contributed by atoms with Crippen molar-refractivity contribution in [2.24, 2.45) is 0 Å². The van der Waals surface area contributed by atoms with E-state index in [1.54, 1.807) is 30.3 Å². The summed E-state index contributed by atoms with van der Waals surface area (Å²) < 4.78 is 13.6. The number of halogens is 1. The van der Waals surface area contributed by atoms with Gasteiger partial charge in [0, 0.05) is 30.7 Å². The molecule has 0 atom stereocenters. The summed E-state index contributed by atoms with van der Waals surface area (Å²) in [5.74, 6) is -0.936. The van der Waals surface area contributed by atoms with Gasteiger partial charge in [0.1, 0.15) is 5.82 Å². The van der Waals surface area contributed by atoms with E-state index in [4.69, 9.17) is 0 Å². The Morgan fingerprint density at radius 2 is 1.63 bits per heavy atom. The fourth-order valence-corrected chi connectivity index (χ4v) is 2.27. The second kappa shape index (κ2) is 8.05. The molecule has 136 valence electrons. The van der Waals surface area contributed by atoms with Gasteiger partial charge in [0.2, 0.25) is 11.9 Å². The third-order valence-corrected chi connectivity index (χ3v) is 3.48. The summed E-state index contributed by atoms with van der Waals surface area (Å²) in [4.78, 5) is 31.5. The number of anilines is 4. The summed E-state index contributed by atoms with van der Waals surface area (Å²) in [6.07, 6.45) is 2.67. The molecule has 0 aliphatic heterocycles. The number of hydrogen-bond donors (Lipinski definition) is 3.